The molecule has 0 saturated carbocycles. The van der Waals surface area contributed by atoms with Crippen molar-refractivity contribution in [1.82, 2.24) is 0 Å². The standard InChI is InChI=1S/C18H38/c1-6-8-9-10-11-12-13-15-17(4)18(5)16(3)14-7-2/h16-18H,6-15H2,1-5H3. The van der Waals surface area contributed by atoms with E-state index in [0.29, 0.717) is 0 Å². The molecule has 3 atom stereocenters. The number of unbranched alkanes of at least 4 members (excludes halogenated alkanes) is 6. The Kier molecular flexibility index (Phi) is 12.1. The van der Waals surface area contributed by atoms with E-state index in [1.54, 1.807) is 0 Å². The molecule has 0 heteroatoms. The average molecular weight is 255 g/mol. The Bertz CT molecular complexity index is 161. The van der Waals surface area contributed by atoms with Gasteiger partial charge in [-0.1, -0.05) is 98.8 Å². The highest BCUT2D eigenvalue weighted by Crippen LogP contribution is 2.28. The fourth-order valence-electron chi connectivity index (χ4n) is 2.97. The molecule has 0 aromatic rings. The normalized spacial score (nSPS) is 16.5. The van der Waals surface area contributed by atoms with E-state index in [1.165, 1.54) is 64.2 Å². The summed E-state index contributed by atoms with van der Waals surface area (Å²) in [6.07, 6.45) is 14.3. The van der Waals surface area contributed by atoms with Crippen LogP contribution in [0.3, 0.4) is 0 Å². The van der Waals surface area contributed by atoms with Gasteiger partial charge in [0.1, 0.15) is 0 Å². The second-order valence-electron chi connectivity index (χ2n) is 6.51. The average Bonchev–Trinajstić information content (AvgIpc) is 2.36. The van der Waals surface area contributed by atoms with Crippen LogP contribution in [0.4, 0.5) is 0 Å². The van der Waals surface area contributed by atoms with Crippen molar-refractivity contribution < 1.29 is 0 Å². The zero-order valence-corrected chi connectivity index (χ0v) is 13.8. The van der Waals surface area contributed by atoms with E-state index in [2.05, 4.69) is 34.6 Å². The number of hydrogen-bond donors (Lipinski definition) is 0. The summed E-state index contributed by atoms with van der Waals surface area (Å²) in [5, 5.41) is 0. The monoisotopic (exact) mass is 254 g/mol. The molecule has 0 aliphatic rings. The van der Waals surface area contributed by atoms with Gasteiger partial charge in [-0.05, 0) is 17.8 Å². The molecule has 110 valence electrons. The molecule has 0 fully saturated rings. The van der Waals surface area contributed by atoms with Crippen LogP contribution in [0, 0.1) is 17.8 Å². The largest absolute Gasteiger partial charge is 0.0654 e. The fourth-order valence-corrected chi connectivity index (χ4v) is 2.97. The number of rotatable bonds is 12. The predicted octanol–water partition coefficient (Wildman–Crippen LogP) is 6.84. The highest BCUT2D eigenvalue weighted by atomic mass is 14.2. The molecule has 0 aliphatic carbocycles. The molecule has 0 N–H and O–H groups in total. The lowest BCUT2D eigenvalue weighted by Crippen LogP contribution is -2.16. The minimum atomic E-state index is 0.907. The Morgan fingerprint density at radius 2 is 1.06 bits per heavy atom. The molecule has 0 bridgehead atoms. The zero-order valence-electron chi connectivity index (χ0n) is 13.8. The SMILES string of the molecule is CCCCCCCCCC(C)C(C)C(C)CCC. The summed E-state index contributed by atoms with van der Waals surface area (Å²) in [7, 11) is 0. The Morgan fingerprint density at radius 1 is 0.556 bits per heavy atom. The zero-order chi connectivity index (χ0) is 13.8. The molecule has 0 aromatic heterocycles. The van der Waals surface area contributed by atoms with Gasteiger partial charge in [-0.15, -0.1) is 0 Å². The van der Waals surface area contributed by atoms with Gasteiger partial charge in [0.05, 0.1) is 0 Å². The van der Waals surface area contributed by atoms with Crippen molar-refractivity contribution in [1.29, 1.82) is 0 Å². The highest BCUT2D eigenvalue weighted by molar-refractivity contribution is 4.68. The molecule has 0 heterocycles. The van der Waals surface area contributed by atoms with Gasteiger partial charge < -0.3 is 0 Å². The summed E-state index contributed by atoms with van der Waals surface area (Å²) >= 11 is 0. The Balaban J connectivity index is 3.48. The minimum absolute atomic E-state index is 0.907. The lowest BCUT2D eigenvalue weighted by atomic mass is 9.80. The van der Waals surface area contributed by atoms with Crippen LogP contribution in [0.5, 0.6) is 0 Å². The van der Waals surface area contributed by atoms with Crippen LogP contribution >= 0.6 is 0 Å². The molecule has 18 heavy (non-hydrogen) atoms. The Morgan fingerprint density at radius 3 is 1.61 bits per heavy atom. The van der Waals surface area contributed by atoms with E-state index in [-0.39, 0.29) is 0 Å². The molecule has 3 unspecified atom stereocenters. The van der Waals surface area contributed by atoms with E-state index < -0.39 is 0 Å². The smallest absolute Gasteiger partial charge is 0.0391 e. The first-order valence-electron chi connectivity index (χ1n) is 8.63. The van der Waals surface area contributed by atoms with Crippen LogP contribution in [0.2, 0.25) is 0 Å². The lowest BCUT2D eigenvalue weighted by Gasteiger charge is -2.26. The van der Waals surface area contributed by atoms with Gasteiger partial charge in [0.25, 0.3) is 0 Å². The molecule has 0 saturated heterocycles. The highest BCUT2D eigenvalue weighted by Gasteiger charge is 2.17. The Hall–Kier alpha value is 0. The molecule has 0 aliphatic heterocycles. The van der Waals surface area contributed by atoms with E-state index in [9.17, 15) is 0 Å². The molecule has 0 spiro atoms. The fraction of sp³-hybridized carbons (Fsp3) is 1.00. The summed E-state index contributed by atoms with van der Waals surface area (Å²) in [6, 6.07) is 0. The summed E-state index contributed by atoms with van der Waals surface area (Å²) in [6.45, 7) is 12.0. The van der Waals surface area contributed by atoms with Crippen LogP contribution in [-0.2, 0) is 0 Å². The van der Waals surface area contributed by atoms with E-state index in [0.717, 1.165) is 17.8 Å². The summed E-state index contributed by atoms with van der Waals surface area (Å²) < 4.78 is 0. The molecular weight excluding hydrogens is 216 g/mol. The number of hydrogen-bond acceptors (Lipinski definition) is 0. The summed E-state index contributed by atoms with van der Waals surface area (Å²) in [5.74, 6) is 2.74. The molecule has 0 amide bonds. The first-order chi connectivity index (χ1) is 8.63. The quantitative estimate of drug-likeness (QED) is 0.335. The van der Waals surface area contributed by atoms with E-state index in [4.69, 9.17) is 0 Å². The second kappa shape index (κ2) is 12.1. The van der Waals surface area contributed by atoms with E-state index in [1.807, 2.05) is 0 Å². The summed E-state index contributed by atoms with van der Waals surface area (Å²) in [4.78, 5) is 0. The first-order valence-corrected chi connectivity index (χ1v) is 8.63. The van der Waals surface area contributed by atoms with Crippen molar-refractivity contribution >= 4 is 0 Å². The first kappa shape index (κ1) is 18.0. The van der Waals surface area contributed by atoms with Gasteiger partial charge >= 0.3 is 0 Å². The van der Waals surface area contributed by atoms with Crippen LogP contribution in [0.1, 0.15) is 98.8 Å². The molecule has 0 radical (unpaired) electrons. The van der Waals surface area contributed by atoms with Crippen molar-refractivity contribution in [2.75, 3.05) is 0 Å². The van der Waals surface area contributed by atoms with Gasteiger partial charge in [-0.3, -0.25) is 0 Å². The van der Waals surface area contributed by atoms with E-state index >= 15 is 0 Å². The van der Waals surface area contributed by atoms with Gasteiger partial charge in [0.15, 0.2) is 0 Å². The van der Waals surface area contributed by atoms with Crippen molar-refractivity contribution in [3.05, 3.63) is 0 Å². The van der Waals surface area contributed by atoms with Crippen LogP contribution in [0.15, 0.2) is 0 Å². The maximum Gasteiger partial charge on any atom is -0.0391 e. The molecule has 0 nitrogen and oxygen atoms in total. The summed E-state index contributed by atoms with van der Waals surface area (Å²) in [5.41, 5.74) is 0. The predicted molar refractivity (Wildman–Crippen MR) is 85.0 cm³/mol. The third kappa shape index (κ3) is 9.00. The topological polar surface area (TPSA) is 0 Å². The van der Waals surface area contributed by atoms with Crippen molar-refractivity contribution in [3.63, 3.8) is 0 Å². The lowest BCUT2D eigenvalue weighted by molar-refractivity contribution is 0.248. The third-order valence-electron chi connectivity index (χ3n) is 4.80. The second-order valence-corrected chi connectivity index (χ2v) is 6.51. The van der Waals surface area contributed by atoms with Gasteiger partial charge in [0.2, 0.25) is 0 Å². The van der Waals surface area contributed by atoms with Gasteiger partial charge in [0, 0.05) is 0 Å². The van der Waals surface area contributed by atoms with Crippen molar-refractivity contribution in [2.24, 2.45) is 17.8 Å². The molecule has 0 rings (SSSR count). The maximum atomic E-state index is 2.47. The van der Waals surface area contributed by atoms with Crippen LogP contribution in [-0.4, -0.2) is 0 Å². The van der Waals surface area contributed by atoms with Crippen molar-refractivity contribution in [3.8, 4) is 0 Å². The van der Waals surface area contributed by atoms with Gasteiger partial charge in [-0.2, -0.15) is 0 Å². The minimum Gasteiger partial charge on any atom is -0.0654 e. The molecule has 0 aromatic carbocycles. The van der Waals surface area contributed by atoms with Crippen LogP contribution in [0.25, 0.3) is 0 Å². The Labute approximate surface area is 117 Å². The third-order valence-corrected chi connectivity index (χ3v) is 4.80. The van der Waals surface area contributed by atoms with Crippen LogP contribution < -0.4 is 0 Å². The maximum absolute atomic E-state index is 2.47. The van der Waals surface area contributed by atoms with Crippen molar-refractivity contribution in [2.45, 2.75) is 98.8 Å². The van der Waals surface area contributed by atoms with Gasteiger partial charge in [-0.25, -0.2) is 0 Å². The molecular formula is C18H38.